The summed E-state index contributed by atoms with van der Waals surface area (Å²) in [6, 6.07) is 14.5. The molecular formula is C24H33IN4OS2. The van der Waals surface area contributed by atoms with Gasteiger partial charge < -0.3 is 16.0 Å². The van der Waals surface area contributed by atoms with E-state index >= 15 is 0 Å². The Hall–Kier alpha value is -1.93. The van der Waals surface area contributed by atoms with E-state index in [1.807, 2.05) is 31.2 Å². The van der Waals surface area contributed by atoms with Crippen molar-refractivity contribution in [2.24, 2.45) is 16.8 Å². The molecule has 0 aliphatic carbocycles. The Morgan fingerprint density at radius 1 is 1.22 bits per heavy atom. The van der Waals surface area contributed by atoms with Crippen LogP contribution in [0.1, 0.15) is 57.1 Å². The molecular weight excluding hydrogens is 551 g/mol. The van der Waals surface area contributed by atoms with Gasteiger partial charge >= 0.3 is 0 Å². The van der Waals surface area contributed by atoms with Crippen molar-refractivity contribution in [1.29, 1.82) is 0 Å². The van der Waals surface area contributed by atoms with Crippen molar-refractivity contribution < 1.29 is 6.16 Å². The Labute approximate surface area is 219 Å². The lowest BCUT2D eigenvalue weighted by Crippen LogP contribution is -2.32. The van der Waals surface area contributed by atoms with E-state index in [0.717, 1.165) is 11.3 Å². The summed E-state index contributed by atoms with van der Waals surface area (Å²) in [6.07, 6.45) is 0.521. The minimum Gasteiger partial charge on any atom is -0.489 e. The minimum absolute atomic E-state index is 0. The van der Waals surface area contributed by atoms with Crippen LogP contribution in [0.4, 0.5) is 0 Å². The number of hydrogen-bond acceptors (Lipinski definition) is 5. The number of nitrogens with two attached hydrogens (primary N) is 2. The fourth-order valence-corrected chi connectivity index (χ4v) is 4.47. The van der Waals surface area contributed by atoms with Crippen molar-refractivity contribution in [3.63, 3.8) is 0 Å². The molecule has 174 valence electrons. The zero-order chi connectivity index (χ0) is 21.5. The first kappa shape index (κ1) is 28.1. The number of hydrazine groups is 1. The molecule has 0 aliphatic heterocycles. The van der Waals surface area contributed by atoms with Gasteiger partial charge in [-0.1, -0.05) is 38.0 Å². The van der Waals surface area contributed by atoms with E-state index in [1.165, 1.54) is 21.2 Å². The van der Waals surface area contributed by atoms with E-state index in [1.54, 1.807) is 11.3 Å². The molecule has 3 rings (SSSR count). The molecule has 0 spiro atoms. The molecule has 32 heavy (non-hydrogen) atoms. The number of rotatable bonds is 7. The van der Waals surface area contributed by atoms with Gasteiger partial charge in [0.2, 0.25) is 0 Å². The molecule has 2 aromatic carbocycles. The van der Waals surface area contributed by atoms with Crippen LogP contribution in [-0.4, -0.2) is 5.84 Å². The zero-order valence-corrected chi connectivity index (χ0v) is 22.7. The standard InChI is InChI=1S/C24H28N4OS.HI.H2S.H2/c1-4-5-19(13-24(27-25)28-26)18-7-9-20(10-8-18)29-14-17-6-11-23-21(12-17)22(15-30-23)16(2)3;;;/h6-12,15-16,19H,13-14,25-26H2,1-3H3,(H,27,28);1H;1H2;1H/t19-;;;/m0.../s1. The predicted octanol–water partition coefficient (Wildman–Crippen LogP) is 5.81. The molecule has 1 heterocycles. The van der Waals surface area contributed by atoms with Crippen molar-refractivity contribution in [1.82, 2.24) is 5.43 Å². The average Bonchev–Trinajstić information content (AvgIpc) is 3.19. The van der Waals surface area contributed by atoms with Gasteiger partial charge in [-0.05, 0) is 64.6 Å². The molecule has 1 atom stereocenters. The maximum absolute atomic E-state index is 6.03. The second kappa shape index (κ2) is 13.6. The number of nitrogens with one attached hydrogen (secondary N) is 1. The van der Waals surface area contributed by atoms with Gasteiger partial charge in [-0.15, -0.1) is 41.2 Å². The highest BCUT2D eigenvalue weighted by Crippen LogP contribution is 2.32. The van der Waals surface area contributed by atoms with E-state index in [0.29, 0.717) is 24.8 Å². The average molecular weight is 585 g/mol. The van der Waals surface area contributed by atoms with Crippen molar-refractivity contribution >= 4 is 64.7 Å². The third kappa shape index (κ3) is 7.04. The molecule has 0 amide bonds. The smallest absolute Gasteiger partial charge is 0.137 e. The molecule has 8 heteroatoms. The van der Waals surface area contributed by atoms with Gasteiger partial charge in [-0.2, -0.15) is 18.6 Å². The maximum Gasteiger partial charge on any atom is 0.137 e. The van der Waals surface area contributed by atoms with Crippen molar-refractivity contribution in [2.75, 3.05) is 0 Å². The summed E-state index contributed by atoms with van der Waals surface area (Å²) >= 11 is 1.80. The number of hydrazone groups is 1. The minimum atomic E-state index is -0.0437. The SMILES string of the molecule is CC#C[C@@H](C/C(=N/N)NN)c1ccc(OCc2ccc3scc(C(C)C)c3c2)cc1.I.S.[HH]. The Morgan fingerprint density at radius 2 is 1.94 bits per heavy atom. The summed E-state index contributed by atoms with van der Waals surface area (Å²) in [5, 5.41) is 7.25. The molecule has 0 unspecified atom stereocenters. The van der Waals surface area contributed by atoms with Crippen LogP contribution in [-0.2, 0) is 6.61 Å². The van der Waals surface area contributed by atoms with Crippen LogP contribution >= 0.6 is 48.8 Å². The number of ether oxygens (including phenoxy) is 1. The lowest BCUT2D eigenvalue weighted by molar-refractivity contribution is 0.306. The van der Waals surface area contributed by atoms with E-state index < -0.39 is 0 Å². The maximum atomic E-state index is 6.03. The largest absolute Gasteiger partial charge is 0.489 e. The molecule has 3 aromatic rings. The number of hydrogen-bond donors (Lipinski definition) is 3. The number of amidine groups is 1. The van der Waals surface area contributed by atoms with Gasteiger partial charge in [0, 0.05) is 12.5 Å². The zero-order valence-electron chi connectivity index (χ0n) is 18.5. The van der Waals surface area contributed by atoms with Gasteiger partial charge in [-0.3, -0.25) is 0 Å². The lowest BCUT2D eigenvalue weighted by Gasteiger charge is -2.13. The molecule has 0 bridgehead atoms. The number of thiophene rings is 1. The first-order chi connectivity index (χ1) is 14.5. The topological polar surface area (TPSA) is 85.7 Å². The summed E-state index contributed by atoms with van der Waals surface area (Å²) in [6.45, 7) is 6.80. The Morgan fingerprint density at radius 3 is 2.53 bits per heavy atom. The molecule has 0 fully saturated rings. The van der Waals surface area contributed by atoms with Crippen LogP contribution in [0.5, 0.6) is 5.75 Å². The predicted molar refractivity (Wildman–Crippen MR) is 154 cm³/mol. The van der Waals surface area contributed by atoms with Gasteiger partial charge in [0.25, 0.3) is 0 Å². The first-order valence-corrected chi connectivity index (χ1v) is 10.8. The van der Waals surface area contributed by atoms with E-state index in [4.69, 9.17) is 16.4 Å². The van der Waals surface area contributed by atoms with Crippen molar-refractivity contribution in [2.45, 2.75) is 45.6 Å². The molecule has 1 aromatic heterocycles. The molecule has 5 nitrogen and oxygen atoms in total. The van der Waals surface area contributed by atoms with E-state index in [-0.39, 0.29) is 44.8 Å². The molecule has 0 saturated heterocycles. The summed E-state index contributed by atoms with van der Waals surface area (Å²) in [5.41, 5.74) is 6.14. The Balaban J connectivity index is 0.00000341. The quantitative estimate of drug-likeness (QED) is 0.0817. The van der Waals surface area contributed by atoms with Crippen LogP contribution < -0.4 is 21.8 Å². The van der Waals surface area contributed by atoms with Crippen LogP contribution in [0.2, 0.25) is 0 Å². The van der Waals surface area contributed by atoms with Crippen LogP contribution in [0.15, 0.2) is 52.9 Å². The number of halogens is 1. The normalized spacial score (nSPS) is 11.7. The lowest BCUT2D eigenvalue weighted by atomic mass is 9.95. The monoisotopic (exact) mass is 584 g/mol. The molecule has 0 radical (unpaired) electrons. The molecule has 0 aliphatic rings. The fourth-order valence-electron chi connectivity index (χ4n) is 3.36. The summed E-state index contributed by atoms with van der Waals surface area (Å²) in [7, 11) is 0. The van der Waals surface area contributed by atoms with Crippen LogP contribution in [0.3, 0.4) is 0 Å². The van der Waals surface area contributed by atoms with Crippen LogP contribution in [0.25, 0.3) is 10.1 Å². The van der Waals surface area contributed by atoms with Crippen molar-refractivity contribution in [3.05, 3.63) is 64.5 Å². The highest BCUT2D eigenvalue weighted by atomic mass is 127. The molecule has 5 N–H and O–H groups in total. The number of benzene rings is 2. The Kier molecular flexibility index (Phi) is 11.9. The van der Waals surface area contributed by atoms with Gasteiger partial charge in [-0.25, -0.2) is 5.84 Å². The number of nitrogens with zero attached hydrogens (tertiary/aromatic N) is 1. The fraction of sp³-hybridized carbons (Fsp3) is 0.292. The van der Waals surface area contributed by atoms with E-state index in [2.05, 4.69) is 59.8 Å². The summed E-state index contributed by atoms with van der Waals surface area (Å²) in [4.78, 5) is 0. The van der Waals surface area contributed by atoms with Crippen LogP contribution in [0, 0.1) is 11.8 Å². The molecule has 0 saturated carbocycles. The third-order valence-corrected chi connectivity index (χ3v) is 6.00. The van der Waals surface area contributed by atoms with Gasteiger partial charge in [0.15, 0.2) is 0 Å². The Bertz CT molecular complexity index is 1090. The third-order valence-electron chi connectivity index (χ3n) is 5.02. The first-order valence-electron chi connectivity index (χ1n) is 9.94. The summed E-state index contributed by atoms with van der Waals surface area (Å²) < 4.78 is 7.35. The highest BCUT2D eigenvalue weighted by molar-refractivity contribution is 14.0. The second-order valence-electron chi connectivity index (χ2n) is 7.41. The summed E-state index contributed by atoms with van der Waals surface area (Å²) in [5.74, 6) is 18.7. The van der Waals surface area contributed by atoms with E-state index in [9.17, 15) is 0 Å². The van der Waals surface area contributed by atoms with Crippen molar-refractivity contribution in [3.8, 4) is 17.6 Å². The van der Waals surface area contributed by atoms with Gasteiger partial charge in [0.05, 0.1) is 5.92 Å². The van der Waals surface area contributed by atoms with Gasteiger partial charge in [0.1, 0.15) is 18.2 Å². The highest BCUT2D eigenvalue weighted by Gasteiger charge is 2.13. The number of fused-ring (bicyclic) bond motifs is 1. The second-order valence-corrected chi connectivity index (χ2v) is 8.32.